The van der Waals surface area contributed by atoms with Gasteiger partial charge < -0.3 is 20.3 Å². The quantitative estimate of drug-likeness (QED) is 0.573. The van der Waals surface area contributed by atoms with Crippen molar-refractivity contribution in [3.63, 3.8) is 0 Å². The van der Waals surface area contributed by atoms with Gasteiger partial charge in [0.15, 0.2) is 0 Å². The second-order valence-corrected chi connectivity index (χ2v) is 5.83. The van der Waals surface area contributed by atoms with Crippen molar-refractivity contribution in [1.82, 2.24) is 0 Å². The predicted molar refractivity (Wildman–Crippen MR) is 56.9 cm³/mol. The van der Waals surface area contributed by atoms with Crippen LogP contribution in [-0.2, 0) is 8.85 Å². The summed E-state index contributed by atoms with van der Waals surface area (Å²) in [5, 5.41) is 0. The molecule has 0 fully saturated rings. The van der Waals surface area contributed by atoms with Gasteiger partial charge in [-0.05, 0) is 26.3 Å². The van der Waals surface area contributed by atoms with E-state index in [0.29, 0.717) is 12.1 Å². The number of hydrogen-bond acceptors (Lipinski definition) is 4. The summed E-state index contributed by atoms with van der Waals surface area (Å²) >= 11 is 0. The maximum Gasteiger partial charge on any atom is 0.325 e. The summed E-state index contributed by atoms with van der Waals surface area (Å²) in [5.74, 6) is 0. The molecule has 4 N–H and O–H groups in total. The first-order chi connectivity index (χ1) is 6.17. The fourth-order valence-corrected chi connectivity index (χ4v) is 3.34. The van der Waals surface area contributed by atoms with Gasteiger partial charge in [-0.2, -0.15) is 0 Å². The van der Waals surface area contributed by atoms with E-state index in [4.69, 9.17) is 20.3 Å². The van der Waals surface area contributed by atoms with E-state index >= 15 is 0 Å². The Morgan fingerprint density at radius 3 is 2.15 bits per heavy atom. The molecule has 0 radical (unpaired) electrons. The van der Waals surface area contributed by atoms with E-state index in [1.54, 1.807) is 14.2 Å². The minimum atomic E-state index is -1.58. The van der Waals surface area contributed by atoms with Crippen LogP contribution in [0.1, 0.15) is 19.8 Å². The number of nitrogens with two attached hydrogens (primary N) is 2. The zero-order chi connectivity index (χ0) is 10.3. The molecule has 0 spiro atoms. The van der Waals surface area contributed by atoms with Crippen molar-refractivity contribution in [2.24, 2.45) is 11.5 Å². The second kappa shape index (κ2) is 7.46. The highest BCUT2D eigenvalue weighted by Crippen LogP contribution is 2.21. The summed E-state index contributed by atoms with van der Waals surface area (Å²) in [4.78, 5) is 0. The lowest BCUT2D eigenvalue weighted by molar-refractivity contribution is 0.256. The van der Waals surface area contributed by atoms with Crippen LogP contribution in [0, 0.1) is 0 Å². The van der Waals surface area contributed by atoms with E-state index in [-0.39, 0.29) is 6.04 Å². The minimum Gasteiger partial charge on any atom is -0.400 e. The molecule has 4 nitrogen and oxygen atoms in total. The van der Waals surface area contributed by atoms with Crippen LogP contribution >= 0.6 is 0 Å². The molecule has 0 saturated carbocycles. The van der Waals surface area contributed by atoms with E-state index in [1.165, 1.54) is 0 Å². The summed E-state index contributed by atoms with van der Waals surface area (Å²) in [7, 11) is 1.81. The van der Waals surface area contributed by atoms with Crippen molar-refractivity contribution in [1.29, 1.82) is 0 Å². The molecule has 2 atom stereocenters. The van der Waals surface area contributed by atoms with Crippen LogP contribution in [0.4, 0.5) is 0 Å². The molecule has 2 unspecified atom stereocenters. The van der Waals surface area contributed by atoms with Gasteiger partial charge >= 0.3 is 9.28 Å². The molecule has 0 aromatic carbocycles. The van der Waals surface area contributed by atoms with Crippen LogP contribution in [0.15, 0.2) is 0 Å². The second-order valence-electron chi connectivity index (χ2n) is 3.29. The van der Waals surface area contributed by atoms with Gasteiger partial charge in [-0.3, -0.25) is 0 Å². The average molecular weight is 206 g/mol. The van der Waals surface area contributed by atoms with Gasteiger partial charge in [-0.1, -0.05) is 0 Å². The largest absolute Gasteiger partial charge is 0.400 e. The molecule has 0 saturated heterocycles. The SMILES string of the molecule is CO[SiH](OC)C(CCCN)C(C)N. The van der Waals surface area contributed by atoms with E-state index in [9.17, 15) is 0 Å². The van der Waals surface area contributed by atoms with E-state index in [0.717, 1.165) is 12.8 Å². The Morgan fingerprint density at radius 1 is 1.31 bits per heavy atom. The Morgan fingerprint density at radius 2 is 1.85 bits per heavy atom. The first-order valence-corrected chi connectivity index (χ1v) is 6.29. The molecule has 0 aliphatic heterocycles. The molecule has 0 rings (SSSR count). The maximum atomic E-state index is 5.86. The van der Waals surface area contributed by atoms with Crippen LogP contribution in [0.5, 0.6) is 0 Å². The first kappa shape index (κ1) is 13.1. The Bertz CT molecular complexity index is 121. The van der Waals surface area contributed by atoms with Crippen molar-refractivity contribution < 1.29 is 8.85 Å². The fourth-order valence-electron chi connectivity index (χ4n) is 1.45. The molecular weight excluding hydrogens is 184 g/mol. The fraction of sp³-hybridized carbons (Fsp3) is 1.00. The number of hydrogen-bond donors (Lipinski definition) is 2. The van der Waals surface area contributed by atoms with Gasteiger partial charge in [-0.15, -0.1) is 0 Å². The third-order valence-electron chi connectivity index (χ3n) is 2.23. The zero-order valence-electron chi connectivity index (χ0n) is 8.82. The van der Waals surface area contributed by atoms with E-state index in [2.05, 4.69) is 0 Å². The van der Waals surface area contributed by atoms with Crippen LogP contribution in [0.3, 0.4) is 0 Å². The average Bonchev–Trinajstić information content (AvgIpc) is 2.11. The zero-order valence-corrected chi connectivity index (χ0v) is 9.98. The van der Waals surface area contributed by atoms with Gasteiger partial charge in [0.05, 0.1) is 0 Å². The molecule has 13 heavy (non-hydrogen) atoms. The monoisotopic (exact) mass is 206 g/mol. The molecule has 0 aromatic heterocycles. The van der Waals surface area contributed by atoms with Gasteiger partial charge in [0.25, 0.3) is 0 Å². The Balaban J connectivity index is 4.04. The van der Waals surface area contributed by atoms with Crippen LogP contribution in [0.25, 0.3) is 0 Å². The third kappa shape index (κ3) is 4.73. The smallest absolute Gasteiger partial charge is 0.325 e. The molecule has 0 aliphatic rings. The molecule has 0 amide bonds. The van der Waals surface area contributed by atoms with Gasteiger partial charge in [-0.25, -0.2) is 0 Å². The Kier molecular flexibility index (Phi) is 7.49. The summed E-state index contributed by atoms with van der Waals surface area (Å²) in [6.07, 6.45) is 2.00. The van der Waals surface area contributed by atoms with Gasteiger partial charge in [0.2, 0.25) is 0 Å². The minimum absolute atomic E-state index is 0.128. The van der Waals surface area contributed by atoms with Gasteiger partial charge in [0.1, 0.15) is 0 Å². The predicted octanol–water partition coefficient (Wildman–Crippen LogP) is -0.0440. The summed E-state index contributed by atoms with van der Waals surface area (Å²) in [6.45, 7) is 2.71. The highest BCUT2D eigenvalue weighted by atomic mass is 28.3. The molecule has 0 bridgehead atoms. The maximum absolute atomic E-state index is 5.86. The number of rotatable bonds is 7. The van der Waals surface area contributed by atoms with Gasteiger partial charge in [0, 0.05) is 25.8 Å². The van der Waals surface area contributed by atoms with Crippen LogP contribution < -0.4 is 11.5 Å². The lowest BCUT2D eigenvalue weighted by atomic mass is 10.1. The van der Waals surface area contributed by atoms with Crippen LogP contribution in [-0.4, -0.2) is 36.1 Å². The van der Waals surface area contributed by atoms with E-state index < -0.39 is 9.28 Å². The molecular formula is C8H22N2O2Si. The normalized spacial score (nSPS) is 16.2. The Labute approximate surface area is 82.4 Å². The summed E-state index contributed by atoms with van der Waals surface area (Å²) < 4.78 is 10.6. The summed E-state index contributed by atoms with van der Waals surface area (Å²) in [6, 6.07) is 0.128. The van der Waals surface area contributed by atoms with Crippen molar-refractivity contribution in [3.05, 3.63) is 0 Å². The molecule has 0 heterocycles. The molecule has 0 aliphatic carbocycles. The molecule has 5 heteroatoms. The lowest BCUT2D eigenvalue weighted by Crippen LogP contribution is -2.37. The lowest BCUT2D eigenvalue weighted by Gasteiger charge is -2.25. The third-order valence-corrected chi connectivity index (χ3v) is 4.80. The topological polar surface area (TPSA) is 70.5 Å². The molecule has 80 valence electrons. The van der Waals surface area contributed by atoms with E-state index in [1.807, 2.05) is 6.92 Å². The van der Waals surface area contributed by atoms with Crippen molar-refractivity contribution >= 4 is 9.28 Å². The first-order valence-electron chi connectivity index (χ1n) is 4.68. The summed E-state index contributed by atoms with van der Waals surface area (Å²) in [5.41, 5.74) is 11.7. The van der Waals surface area contributed by atoms with Crippen molar-refractivity contribution in [2.75, 3.05) is 20.8 Å². The highest BCUT2D eigenvalue weighted by molar-refractivity contribution is 6.46. The standard InChI is InChI=1S/C8H22N2O2Si/c1-7(10)8(5-4-6-9)13(11-2)12-3/h7-8,13H,4-6,9-10H2,1-3H3. The van der Waals surface area contributed by atoms with Crippen LogP contribution in [0.2, 0.25) is 5.54 Å². The Hall–Kier alpha value is 0.0569. The van der Waals surface area contributed by atoms with Crippen molar-refractivity contribution in [2.45, 2.75) is 31.3 Å². The highest BCUT2D eigenvalue weighted by Gasteiger charge is 2.26. The van der Waals surface area contributed by atoms with Crippen molar-refractivity contribution in [3.8, 4) is 0 Å². The molecule has 0 aromatic rings.